The molecule has 26 heavy (non-hydrogen) atoms. The first-order chi connectivity index (χ1) is 12.6. The number of hydrogen-bond donors (Lipinski definition) is 0. The van der Waals surface area contributed by atoms with E-state index < -0.39 is 0 Å². The topological polar surface area (TPSA) is 29.5 Å². The Balaban J connectivity index is 1.42. The summed E-state index contributed by atoms with van der Waals surface area (Å²) in [6.45, 7) is 6.19. The second kappa shape index (κ2) is 6.17. The maximum absolute atomic E-state index is 13.5. The number of carbonyl (C=O) groups excluding carboxylic acids is 1. The lowest BCUT2D eigenvalue weighted by molar-refractivity contribution is -0.148. The van der Waals surface area contributed by atoms with Crippen LogP contribution in [0.5, 0.6) is 0 Å². The van der Waals surface area contributed by atoms with Crippen molar-refractivity contribution < 1.29 is 9.53 Å². The van der Waals surface area contributed by atoms with Crippen molar-refractivity contribution >= 4 is 5.78 Å². The van der Waals surface area contributed by atoms with Gasteiger partial charge >= 0.3 is 0 Å². The highest BCUT2D eigenvalue weighted by molar-refractivity contribution is 5.87. The Bertz CT molecular complexity index is 675. The lowest BCUT2D eigenvalue weighted by Crippen LogP contribution is -2.58. The van der Waals surface area contributed by atoms with Crippen molar-refractivity contribution in [1.29, 1.82) is 0 Å². The molecule has 0 radical (unpaired) electrons. The molecule has 1 aromatic rings. The van der Waals surface area contributed by atoms with Gasteiger partial charge in [0.05, 0.1) is 19.8 Å². The molecule has 1 heterocycles. The summed E-state index contributed by atoms with van der Waals surface area (Å²) in [6.07, 6.45) is 7.37. The smallest absolute Gasteiger partial charge is 0.153 e. The van der Waals surface area contributed by atoms with Crippen LogP contribution >= 0.6 is 0 Å². The number of ketones is 1. The first-order valence-corrected chi connectivity index (χ1v) is 10.5. The van der Waals surface area contributed by atoms with Crippen LogP contribution in [0.15, 0.2) is 24.3 Å². The van der Waals surface area contributed by atoms with Gasteiger partial charge in [-0.1, -0.05) is 29.8 Å². The van der Waals surface area contributed by atoms with Crippen LogP contribution in [-0.2, 0) is 14.9 Å². The summed E-state index contributed by atoms with van der Waals surface area (Å²) in [5.74, 6) is 2.04. The van der Waals surface area contributed by atoms with Gasteiger partial charge in [0.1, 0.15) is 0 Å². The third-order valence-electron chi connectivity index (χ3n) is 7.79. The maximum atomic E-state index is 13.5. The van der Waals surface area contributed by atoms with E-state index in [1.165, 1.54) is 30.4 Å². The van der Waals surface area contributed by atoms with Gasteiger partial charge in [-0.05, 0) is 68.3 Å². The number of benzene rings is 1. The van der Waals surface area contributed by atoms with Gasteiger partial charge in [0, 0.05) is 18.5 Å². The number of ether oxygens (including phenoxy) is 1. The molecule has 3 heteroatoms. The quantitative estimate of drug-likeness (QED) is 0.826. The van der Waals surface area contributed by atoms with E-state index in [-0.39, 0.29) is 10.8 Å². The highest BCUT2D eigenvalue weighted by atomic mass is 16.5. The molecule has 140 valence electrons. The minimum absolute atomic E-state index is 0.0483. The average Bonchev–Trinajstić information content (AvgIpc) is 2.62. The van der Waals surface area contributed by atoms with Crippen LogP contribution in [0, 0.1) is 24.2 Å². The predicted molar refractivity (Wildman–Crippen MR) is 102 cm³/mol. The molecule has 0 aromatic heterocycles. The summed E-state index contributed by atoms with van der Waals surface area (Å²) in [5.41, 5.74) is 3.04. The highest BCUT2D eigenvalue weighted by Gasteiger charge is 2.60. The predicted octanol–water partition coefficient (Wildman–Crippen LogP) is 3.73. The van der Waals surface area contributed by atoms with E-state index in [0.29, 0.717) is 12.3 Å². The molecule has 5 aliphatic rings. The van der Waals surface area contributed by atoms with Crippen molar-refractivity contribution in [1.82, 2.24) is 4.90 Å². The maximum Gasteiger partial charge on any atom is 0.153 e. The lowest BCUT2D eigenvalue weighted by atomic mass is 9.42. The van der Waals surface area contributed by atoms with Crippen LogP contribution in [0.1, 0.15) is 49.7 Å². The second-order valence-corrected chi connectivity index (χ2v) is 9.70. The molecule has 1 aromatic carbocycles. The zero-order valence-corrected chi connectivity index (χ0v) is 16.0. The molecule has 4 saturated carbocycles. The molecule has 4 bridgehead atoms. The number of morpholine rings is 1. The van der Waals surface area contributed by atoms with Gasteiger partial charge in [-0.15, -0.1) is 0 Å². The van der Waals surface area contributed by atoms with Gasteiger partial charge in [-0.25, -0.2) is 0 Å². The Morgan fingerprint density at radius 2 is 1.73 bits per heavy atom. The Labute approximate surface area is 157 Å². The first-order valence-electron chi connectivity index (χ1n) is 10.5. The molecule has 1 saturated heterocycles. The molecule has 6 rings (SSSR count). The molecule has 3 nitrogen and oxygen atoms in total. The van der Waals surface area contributed by atoms with E-state index in [0.717, 1.165) is 57.4 Å². The number of carbonyl (C=O) groups is 1. The lowest BCUT2D eigenvalue weighted by Gasteiger charge is -2.62. The molecular weight excluding hydrogens is 322 g/mol. The van der Waals surface area contributed by atoms with Gasteiger partial charge < -0.3 is 4.74 Å². The Hall–Kier alpha value is -1.19. The number of hydrogen-bond acceptors (Lipinski definition) is 3. The second-order valence-electron chi connectivity index (χ2n) is 9.70. The normalized spacial score (nSPS) is 39.3. The fraction of sp³-hybridized carbons (Fsp3) is 0.696. The van der Waals surface area contributed by atoms with Crippen molar-refractivity contribution in [2.45, 2.75) is 50.9 Å². The highest BCUT2D eigenvalue weighted by Crippen LogP contribution is 2.66. The van der Waals surface area contributed by atoms with E-state index in [2.05, 4.69) is 36.1 Å². The number of nitrogens with zero attached hydrogens (tertiary/aromatic N) is 1. The molecular formula is C23H31NO2. The molecule has 0 N–H and O–H groups in total. The van der Waals surface area contributed by atoms with E-state index >= 15 is 0 Å². The molecule has 2 unspecified atom stereocenters. The summed E-state index contributed by atoms with van der Waals surface area (Å²) in [6, 6.07) is 9.22. The fourth-order valence-corrected chi connectivity index (χ4v) is 6.96. The van der Waals surface area contributed by atoms with E-state index in [9.17, 15) is 4.79 Å². The van der Waals surface area contributed by atoms with Crippen molar-refractivity contribution in [3.63, 3.8) is 0 Å². The van der Waals surface area contributed by atoms with E-state index in [4.69, 9.17) is 4.74 Å². The van der Waals surface area contributed by atoms with Crippen LogP contribution < -0.4 is 0 Å². The summed E-state index contributed by atoms with van der Waals surface area (Å²) < 4.78 is 5.46. The molecule has 4 aliphatic carbocycles. The largest absolute Gasteiger partial charge is 0.379 e. The van der Waals surface area contributed by atoms with E-state index in [1.54, 1.807) is 0 Å². The minimum atomic E-state index is -0.0483. The van der Waals surface area contributed by atoms with Gasteiger partial charge in [0.25, 0.3) is 0 Å². The van der Waals surface area contributed by atoms with E-state index in [1.807, 2.05) is 0 Å². The van der Waals surface area contributed by atoms with Gasteiger partial charge in [-0.2, -0.15) is 0 Å². The summed E-state index contributed by atoms with van der Waals surface area (Å²) >= 11 is 0. The van der Waals surface area contributed by atoms with Crippen LogP contribution in [0.3, 0.4) is 0 Å². The fourth-order valence-electron chi connectivity index (χ4n) is 6.96. The standard InChI is InChI=1S/C23H31NO2/c1-17-2-4-20(5-3-17)22-11-18-10-19(12-22)14-23(13-18,16-22)21(25)15-24-6-8-26-9-7-24/h2-5,18-19H,6-16H2,1H3/t18-,19+,22?,23?. The average molecular weight is 354 g/mol. The third-order valence-corrected chi connectivity index (χ3v) is 7.79. The molecule has 0 spiro atoms. The third kappa shape index (κ3) is 2.75. The molecule has 0 amide bonds. The monoisotopic (exact) mass is 353 g/mol. The number of Topliss-reactive ketones (excluding diaryl/α,β-unsaturated/α-hetero) is 1. The van der Waals surface area contributed by atoms with Crippen molar-refractivity contribution in [2.75, 3.05) is 32.8 Å². The molecule has 5 fully saturated rings. The van der Waals surface area contributed by atoms with Crippen molar-refractivity contribution in [3.8, 4) is 0 Å². The number of rotatable bonds is 4. The SMILES string of the molecule is Cc1ccc(C23C[C@@H]4C[C@@H](CC(C(=O)CN5CCOCC5)(C4)C2)C3)cc1. The number of aryl methyl sites for hydroxylation is 1. The van der Waals surface area contributed by atoms with Gasteiger partial charge in [-0.3, -0.25) is 9.69 Å². The first kappa shape index (κ1) is 16.9. The summed E-state index contributed by atoms with van der Waals surface area (Å²) in [7, 11) is 0. The Morgan fingerprint density at radius 3 is 2.38 bits per heavy atom. The Kier molecular flexibility index (Phi) is 4.02. The molecule has 4 atom stereocenters. The van der Waals surface area contributed by atoms with Gasteiger partial charge in [0.15, 0.2) is 5.78 Å². The zero-order chi connectivity index (χ0) is 17.8. The van der Waals surface area contributed by atoms with Crippen LogP contribution in [-0.4, -0.2) is 43.5 Å². The van der Waals surface area contributed by atoms with Crippen LogP contribution in [0.4, 0.5) is 0 Å². The van der Waals surface area contributed by atoms with Crippen LogP contribution in [0.25, 0.3) is 0 Å². The zero-order valence-electron chi connectivity index (χ0n) is 16.0. The van der Waals surface area contributed by atoms with Gasteiger partial charge in [0.2, 0.25) is 0 Å². The molecule has 1 aliphatic heterocycles. The van der Waals surface area contributed by atoms with Crippen LogP contribution in [0.2, 0.25) is 0 Å². The summed E-state index contributed by atoms with van der Waals surface area (Å²) in [5, 5.41) is 0. The minimum Gasteiger partial charge on any atom is -0.379 e. The summed E-state index contributed by atoms with van der Waals surface area (Å²) in [4.78, 5) is 15.8. The van der Waals surface area contributed by atoms with Crippen molar-refractivity contribution in [2.24, 2.45) is 17.3 Å². The Morgan fingerprint density at radius 1 is 1.08 bits per heavy atom. The van der Waals surface area contributed by atoms with Crippen molar-refractivity contribution in [3.05, 3.63) is 35.4 Å².